The summed E-state index contributed by atoms with van der Waals surface area (Å²) in [6.07, 6.45) is 0.634. The molecule has 19 heavy (non-hydrogen) atoms. The van der Waals surface area contributed by atoms with Crippen LogP contribution in [0.15, 0.2) is 33.6 Å². The lowest BCUT2D eigenvalue weighted by molar-refractivity contribution is 0.0843. The summed E-state index contributed by atoms with van der Waals surface area (Å²) in [4.78, 5) is 0.293. The molecule has 1 aromatic rings. The number of halogens is 1. The lowest BCUT2D eigenvalue weighted by Gasteiger charge is -2.36. The van der Waals surface area contributed by atoms with Crippen LogP contribution in [-0.4, -0.2) is 24.9 Å². The Morgan fingerprint density at radius 2 is 1.74 bits per heavy atom. The average molecular weight is 347 g/mol. The van der Waals surface area contributed by atoms with Crippen molar-refractivity contribution in [3.05, 3.63) is 28.7 Å². The van der Waals surface area contributed by atoms with Gasteiger partial charge in [-0.2, -0.15) is 0 Å². The van der Waals surface area contributed by atoms with Crippen molar-refractivity contribution in [3.8, 4) is 0 Å². The van der Waals surface area contributed by atoms with E-state index in [1.54, 1.807) is 24.3 Å². The van der Waals surface area contributed by atoms with Gasteiger partial charge in [-0.05, 0) is 48.9 Å². The normalized spacial score (nSPS) is 32.2. The van der Waals surface area contributed by atoms with Crippen molar-refractivity contribution in [2.45, 2.75) is 42.9 Å². The molecule has 0 amide bonds. The van der Waals surface area contributed by atoms with Crippen molar-refractivity contribution in [1.82, 2.24) is 0 Å². The van der Waals surface area contributed by atoms with E-state index in [0.717, 1.165) is 10.9 Å². The third kappa shape index (κ3) is 3.03. The Hall–Kier alpha value is -0.390. The van der Waals surface area contributed by atoms with Gasteiger partial charge in [0.25, 0.3) is 0 Å². The largest absolute Gasteiger partial charge is 0.392 e. The van der Waals surface area contributed by atoms with E-state index in [0.29, 0.717) is 17.2 Å². The summed E-state index contributed by atoms with van der Waals surface area (Å²) in [5, 5.41) is 9.48. The molecule has 4 unspecified atom stereocenters. The van der Waals surface area contributed by atoms with Crippen LogP contribution in [0.25, 0.3) is 0 Å². The standard InChI is InChI=1S/C14H19BrO3S/c1-9-7-10(2)14(13(16)8-9)19(17,18)12-5-3-11(15)4-6-12/h3-6,9-10,13-14,16H,7-8H2,1-2H3. The fourth-order valence-electron chi connectivity index (χ4n) is 3.08. The third-order valence-corrected chi connectivity index (χ3v) is 6.81. The van der Waals surface area contributed by atoms with Gasteiger partial charge in [0.15, 0.2) is 9.84 Å². The third-order valence-electron chi connectivity index (χ3n) is 3.86. The highest BCUT2D eigenvalue weighted by atomic mass is 79.9. The van der Waals surface area contributed by atoms with Crippen LogP contribution in [-0.2, 0) is 9.84 Å². The summed E-state index contributed by atoms with van der Waals surface area (Å²) >= 11 is 3.30. The van der Waals surface area contributed by atoms with E-state index in [1.807, 2.05) is 6.92 Å². The Labute approximate surface area is 123 Å². The van der Waals surface area contributed by atoms with Crippen molar-refractivity contribution in [3.63, 3.8) is 0 Å². The molecular weight excluding hydrogens is 328 g/mol. The predicted octanol–water partition coefficient (Wildman–Crippen LogP) is 3.02. The number of rotatable bonds is 2. The summed E-state index contributed by atoms with van der Waals surface area (Å²) < 4.78 is 26.1. The summed E-state index contributed by atoms with van der Waals surface area (Å²) in [5.41, 5.74) is 0. The summed E-state index contributed by atoms with van der Waals surface area (Å²) in [7, 11) is -3.47. The zero-order chi connectivity index (χ0) is 14.2. The number of benzene rings is 1. The second-order valence-electron chi connectivity index (χ2n) is 5.58. The molecular formula is C14H19BrO3S. The van der Waals surface area contributed by atoms with E-state index in [4.69, 9.17) is 0 Å². The fraction of sp³-hybridized carbons (Fsp3) is 0.571. The Bertz CT molecular complexity index is 526. The van der Waals surface area contributed by atoms with Crippen LogP contribution >= 0.6 is 15.9 Å². The van der Waals surface area contributed by atoms with E-state index in [2.05, 4.69) is 22.9 Å². The van der Waals surface area contributed by atoms with Crippen LogP contribution in [0, 0.1) is 11.8 Å². The Morgan fingerprint density at radius 3 is 2.26 bits per heavy atom. The summed E-state index contributed by atoms with van der Waals surface area (Å²) in [6.45, 7) is 3.97. The molecule has 106 valence electrons. The lowest BCUT2D eigenvalue weighted by atomic mass is 9.81. The van der Waals surface area contributed by atoms with E-state index >= 15 is 0 Å². The molecule has 0 saturated heterocycles. The minimum Gasteiger partial charge on any atom is -0.392 e. The van der Waals surface area contributed by atoms with Crippen LogP contribution in [0.2, 0.25) is 0 Å². The van der Waals surface area contributed by atoms with Crippen molar-refractivity contribution in [2.24, 2.45) is 11.8 Å². The number of sulfone groups is 1. The van der Waals surface area contributed by atoms with E-state index in [-0.39, 0.29) is 5.92 Å². The van der Waals surface area contributed by atoms with Gasteiger partial charge >= 0.3 is 0 Å². The topological polar surface area (TPSA) is 54.4 Å². The maximum absolute atomic E-state index is 12.7. The van der Waals surface area contributed by atoms with E-state index in [1.165, 1.54) is 0 Å². The molecule has 0 spiro atoms. The molecule has 4 atom stereocenters. The Morgan fingerprint density at radius 1 is 1.16 bits per heavy atom. The maximum Gasteiger partial charge on any atom is 0.184 e. The van der Waals surface area contributed by atoms with Crippen LogP contribution in [0.3, 0.4) is 0 Å². The SMILES string of the molecule is CC1CC(C)C(S(=O)(=O)c2ccc(Br)cc2)C(O)C1. The summed E-state index contributed by atoms with van der Waals surface area (Å²) in [5.74, 6) is 0.355. The molecule has 1 aliphatic carbocycles. The maximum atomic E-state index is 12.7. The Balaban J connectivity index is 2.36. The number of hydrogen-bond acceptors (Lipinski definition) is 3. The first-order valence-corrected chi connectivity index (χ1v) is 8.84. The zero-order valence-electron chi connectivity index (χ0n) is 11.1. The highest BCUT2D eigenvalue weighted by Crippen LogP contribution is 2.36. The molecule has 0 aliphatic heterocycles. The molecule has 2 rings (SSSR count). The van der Waals surface area contributed by atoms with Gasteiger partial charge in [-0.15, -0.1) is 0 Å². The van der Waals surface area contributed by atoms with Crippen LogP contribution < -0.4 is 0 Å². The molecule has 0 radical (unpaired) electrons. The minimum absolute atomic E-state index is 0.0209. The Kier molecular flexibility index (Phi) is 4.38. The molecule has 0 heterocycles. The quantitative estimate of drug-likeness (QED) is 0.895. The van der Waals surface area contributed by atoms with E-state index in [9.17, 15) is 13.5 Å². The molecule has 0 bridgehead atoms. The first kappa shape index (κ1) is 15.0. The lowest BCUT2D eigenvalue weighted by Crippen LogP contribution is -2.44. The highest BCUT2D eigenvalue weighted by Gasteiger charge is 2.42. The van der Waals surface area contributed by atoms with Gasteiger partial charge in [0.2, 0.25) is 0 Å². The first-order chi connectivity index (χ1) is 8.82. The summed E-state index contributed by atoms with van der Waals surface area (Å²) in [6, 6.07) is 6.62. The van der Waals surface area contributed by atoms with Crippen LogP contribution in [0.4, 0.5) is 0 Å². The van der Waals surface area contributed by atoms with Gasteiger partial charge in [0.1, 0.15) is 0 Å². The second kappa shape index (κ2) is 5.54. The van der Waals surface area contributed by atoms with Gasteiger partial charge in [0, 0.05) is 4.47 Å². The molecule has 0 aromatic heterocycles. The molecule has 1 saturated carbocycles. The van der Waals surface area contributed by atoms with Gasteiger partial charge in [-0.25, -0.2) is 8.42 Å². The van der Waals surface area contributed by atoms with Gasteiger partial charge in [-0.1, -0.05) is 29.8 Å². The molecule has 5 heteroatoms. The zero-order valence-corrected chi connectivity index (χ0v) is 13.5. The van der Waals surface area contributed by atoms with Gasteiger partial charge in [-0.3, -0.25) is 0 Å². The van der Waals surface area contributed by atoms with Gasteiger partial charge < -0.3 is 5.11 Å². The number of aliphatic hydroxyl groups excluding tert-OH is 1. The molecule has 1 fully saturated rings. The van der Waals surface area contributed by atoms with Crippen molar-refractivity contribution >= 4 is 25.8 Å². The van der Waals surface area contributed by atoms with Crippen LogP contribution in [0.5, 0.6) is 0 Å². The molecule has 1 N–H and O–H groups in total. The highest BCUT2D eigenvalue weighted by molar-refractivity contribution is 9.10. The predicted molar refractivity (Wildman–Crippen MR) is 78.7 cm³/mol. The number of aliphatic hydroxyl groups is 1. The fourth-order valence-corrected chi connectivity index (χ4v) is 5.43. The molecule has 1 aromatic carbocycles. The molecule has 3 nitrogen and oxygen atoms in total. The van der Waals surface area contributed by atoms with Crippen molar-refractivity contribution in [2.75, 3.05) is 0 Å². The van der Waals surface area contributed by atoms with Crippen molar-refractivity contribution in [1.29, 1.82) is 0 Å². The van der Waals surface area contributed by atoms with Crippen molar-refractivity contribution < 1.29 is 13.5 Å². The van der Waals surface area contributed by atoms with Crippen LogP contribution in [0.1, 0.15) is 26.7 Å². The average Bonchev–Trinajstić information content (AvgIpc) is 2.27. The molecule has 1 aliphatic rings. The second-order valence-corrected chi connectivity index (χ2v) is 8.61. The smallest absolute Gasteiger partial charge is 0.184 e. The minimum atomic E-state index is -3.47. The monoisotopic (exact) mass is 346 g/mol. The first-order valence-electron chi connectivity index (χ1n) is 6.50. The van der Waals surface area contributed by atoms with E-state index < -0.39 is 21.2 Å². The number of hydrogen-bond donors (Lipinski definition) is 1. The van der Waals surface area contributed by atoms with Gasteiger partial charge in [0.05, 0.1) is 16.2 Å².